The van der Waals surface area contributed by atoms with E-state index in [1.807, 2.05) is 6.92 Å². The van der Waals surface area contributed by atoms with Crippen LogP contribution in [-0.4, -0.2) is 14.7 Å². The molecule has 0 bridgehead atoms. The van der Waals surface area contributed by atoms with Crippen LogP contribution in [-0.2, 0) is 6.54 Å². The van der Waals surface area contributed by atoms with Gasteiger partial charge in [0.1, 0.15) is 0 Å². The van der Waals surface area contributed by atoms with Gasteiger partial charge in [0.15, 0.2) is 5.49 Å². The first-order valence-electron chi connectivity index (χ1n) is 5.20. The Morgan fingerprint density at radius 2 is 2.29 bits per heavy atom. The first-order valence-corrected chi connectivity index (χ1v) is 5.20. The zero-order valence-electron chi connectivity index (χ0n) is 9.60. The number of aromatic amines is 1. The van der Waals surface area contributed by atoms with Crippen LogP contribution < -0.4 is 11.3 Å². The number of nitrogens with zero attached hydrogens (tertiary/aromatic N) is 3. The summed E-state index contributed by atoms with van der Waals surface area (Å²) in [6.45, 7) is 4.30. The summed E-state index contributed by atoms with van der Waals surface area (Å²) in [5.74, 6) is 5.35. The number of rotatable bonds is 2. The first kappa shape index (κ1) is 11.2. The average Bonchev–Trinajstić information content (AvgIpc) is 2.67. The van der Waals surface area contributed by atoms with Gasteiger partial charge in [-0.15, -0.1) is 0 Å². The van der Waals surface area contributed by atoms with E-state index in [2.05, 4.69) is 10.2 Å². The van der Waals surface area contributed by atoms with E-state index in [-0.39, 0.29) is 5.69 Å². The van der Waals surface area contributed by atoms with Gasteiger partial charge in [-0.2, -0.15) is 5.10 Å². The summed E-state index contributed by atoms with van der Waals surface area (Å²) in [4.78, 5) is 10.5. The number of nitro groups is 1. The number of aromatic nitrogens is 2. The van der Waals surface area contributed by atoms with E-state index in [0.29, 0.717) is 23.0 Å². The Morgan fingerprint density at radius 3 is 2.82 bits per heavy atom. The summed E-state index contributed by atoms with van der Waals surface area (Å²) in [6, 6.07) is 3.15. The summed E-state index contributed by atoms with van der Waals surface area (Å²) in [5, 5.41) is 18.4. The van der Waals surface area contributed by atoms with Gasteiger partial charge in [0.2, 0.25) is 0 Å². The molecule has 1 aromatic heterocycles. The summed E-state index contributed by atoms with van der Waals surface area (Å²) in [5.41, 5.74) is 1.97. The lowest BCUT2D eigenvalue weighted by molar-refractivity contribution is -0.385. The van der Waals surface area contributed by atoms with Crippen molar-refractivity contribution in [3.05, 3.63) is 33.3 Å². The Labute approximate surface area is 96.7 Å². The Bertz CT molecular complexity index is 652. The third-order valence-corrected chi connectivity index (χ3v) is 2.81. The number of aryl methyl sites for hydroxylation is 2. The molecular formula is C10H13N5O2. The molecule has 90 valence electrons. The summed E-state index contributed by atoms with van der Waals surface area (Å²) in [7, 11) is 0. The van der Waals surface area contributed by atoms with Gasteiger partial charge in [0.05, 0.1) is 15.8 Å². The third kappa shape index (κ3) is 1.55. The Morgan fingerprint density at radius 1 is 1.59 bits per heavy atom. The molecule has 0 atom stereocenters. The van der Waals surface area contributed by atoms with Crippen LogP contribution in [0.25, 0.3) is 10.9 Å². The second-order valence-corrected chi connectivity index (χ2v) is 3.70. The second kappa shape index (κ2) is 3.93. The van der Waals surface area contributed by atoms with Gasteiger partial charge in [0.25, 0.3) is 5.69 Å². The number of H-pyrrole nitrogens is 1. The molecule has 3 N–H and O–H groups in total. The van der Waals surface area contributed by atoms with Crippen LogP contribution in [0.2, 0.25) is 0 Å². The fourth-order valence-electron chi connectivity index (χ4n) is 1.98. The van der Waals surface area contributed by atoms with Crippen molar-refractivity contribution in [3.8, 4) is 0 Å². The van der Waals surface area contributed by atoms with Crippen molar-refractivity contribution in [2.24, 2.45) is 10.9 Å². The van der Waals surface area contributed by atoms with E-state index in [9.17, 15) is 10.1 Å². The quantitative estimate of drug-likeness (QED) is 0.460. The van der Waals surface area contributed by atoms with E-state index in [0.717, 1.165) is 5.52 Å². The molecule has 0 aliphatic rings. The van der Waals surface area contributed by atoms with E-state index < -0.39 is 4.92 Å². The zero-order chi connectivity index (χ0) is 12.6. The number of benzene rings is 1. The van der Waals surface area contributed by atoms with Crippen LogP contribution in [0.15, 0.2) is 17.2 Å². The number of nitrogens with two attached hydrogens (primary N) is 1. The van der Waals surface area contributed by atoms with Gasteiger partial charge in [-0.1, -0.05) is 0 Å². The zero-order valence-corrected chi connectivity index (χ0v) is 9.60. The van der Waals surface area contributed by atoms with E-state index in [1.165, 1.54) is 6.07 Å². The molecule has 0 saturated heterocycles. The molecule has 7 heteroatoms. The van der Waals surface area contributed by atoms with Crippen LogP contribution in [0.3, 0.4) is 0 Å². The fraction of sp³-hybridized carbons (Fsp3) is 0.300. The second-order valence-electron chi connectivity index (χ2n) is 3.70. The lowest BCUT2D eigenvalue weighted by Gasteiger charge is -1.97. The SMILES string of the molecule is CCn1[nH]c2ccc([N+](=O)[O-])c(C)c2c1=NN. The molecule has 17 heavy (non-hydrogen) atoms. The highest BCUT2D eigenvalue weighted by atomic mass is 16.6. The topological polar surface area (TPSA) is 102 Å². The van der Waals surface area contributed by atoms with Gasteiger partial charge in [-0.3, -0.25) is 19.9 Å². The van der Waals surface area contributed by atoms with Crippen LogP contribution in [0, 0.1) is 17.0 Å². The van der Waals surface area contributed by atoms with Crippen molar-refractivity contribution < 1.29 is 4.92 Å². The minimum atomic E-state index is -0.404. The van der Waals surface area contributed by atoms with Crippen molar-refractivity contribution in [2.45, 2.75) is 20.4 Å². The van der Waals surface area contributed by atoms with Crippen molar-refractivity contribution >= 4 is 16.6 Å². The number of fused-ring (bicyclic) bond motifs is 1. The number of nitrogens with one attached hydrogen (secondary N) is 1. The molecule has 0 unspecified atom stereocenters. The van der Waals surface area contributed by atoms with Crippen molar-refractivity contribution in [2.75, 3.05) is 0 Å². The van der Waals surface area contributed by atoms with Gasteiger partial charge in [0, 0.05) is 18.2 Å². The fourth-order valence-corrected chi connectivity index (χ4v) is 1.98. The monoisotopic (exact) mass is 235 g/mol. The molecule has 0 fully saturated rings. The normalized spacial score (nSPS) is 12.2. The maximum atomic E-state index is 10.9. The van der Waals surface area contributed by atoms with Gasteiger partial charge >= 0.3 is 0 Å². The van der Waals surface area contributed by atoms with Gasteiger partial charge in [-0.25, -0.2) is 0 Å². The highest BCUT2D eigenvalue weighted by molar-refractivity contribution is 5.84. The largest absolute Gasteiger partial charge is 0.321 e. The standard InChI is InChI=1S/C10H13N5O2/c1-3-14-10(12-11)9-6(2)8(15(16)17)5-4-7(9)13-14/h4-5,13H,3,11H2,1-2H3. The predicted octanol–water partition coefficient (Wildman–Crippen LogP) is 0.980. The molecule has 1 heterocycles. The number of hydrogen-bond donors (Lipinski definition) is 2. The van der Waals surface area contributed by atoms with E-state index >= 15 is 0 Å². The molecule has 1 aromatic carbocycles. The first-order chi connectivity index (χ1) is 8.10. The summed E-state index contributed by atoms with van der Waals surface area (Å²) in [6.07, 6.45) is 0. The van der Waals surface area contributed by atoms with Crippen LogP contribution in [0.1, 0.15) is 12.5 Å². The van der Waals surface area contributed by atoms with Crippen LogP contribution in [0.5, 0.6) is 0 Å². The number of nitro benzene ring substituents is 1. The maximum absolute atomic E-state index is 10.9. The van der Waals surface area contributed by atoms with Crippen LogP contribution >= 0.6 is 0 Å². The molecule has 0 radical (unpaired) electrons. The highest BCUT2D eigenvalue weighted by Gasteiger charge is 2.16. The summed E-state index contributed by atoms with van der Waals surface area (Å²) < 4.78 is 1.75. The molecule has 0 spiro atoms. The summed E-state index contributed by atoms with van der Waals surface area (Å²) >= 11 is 0. The Kier molecular flexibility index (Phi) is 2.58. The average molecular weight is 235 g/mol. The third-order valence-electron chi connectivity index (χ3n) is 2.81. The smallest absolute Gasteiger partial charge is 0.273 e. The molecule has 0 aliphatic carbocycles. The molecule has 0 saturated carbocycles. The molecular weight excluding hydrogens is 222 g/mol. The van der Waals surface area contributed by atoms with Crippen molar-refractivity contribution in [1.82, 2.24) is 9.78 Å². The van der Waals surface area contributed by atoms with Gasteiger partial charge < -0.3 is 5.84 Å². The van der Waals surface area contributed by atoms with Crippen molar-refractivity contribution in [3.63, 3.8) is 0 Å². The minimum Gasteiger partial charge on any atom is -0.321 e. The predicted molar refractivity (Wildman–Crippen MR) is 63.1 cm³/mol. The molecule has 2 aromatic rings. The minimum absolute atomic E-state index is 0.0738. The highest BCUT2D eigenvalue weighted by Crippen LogP contribution is 2.23. The van der Waals surface area contributed by atoms with Gasteiger partial charge in [-0.05, 0) is 19.9 Å². The Balaban J connectivity index is 2.94. The molecule has 2 rings (SSSR count). The lowest BCUT2D eigenvalue weighted by Crippen LogP contribution is -2.19. The maximum Gasteiger partial charge on any atom is 0.273 e. The van der Waals surface area contributed by atoms with E-state index in [4.69, 9.17) is 5.84 Å². The molecule has 0 aliphatic heterocycles. The van der Waals surface area contributed by atoms with E-state index in [1.54, 1.807) is 17.7 Å². The lowest BCUT2D eigenvalue weighted by atomic mass is 10.1. The van der Waals surface area contributed by atoms with Crippen LogP contribution in [0.4, 0.5) is 5.69 Å². The Hall–Kier alpha value is -2.31. The van der Waals surface area contributed by atoms with Crippen molar-refractivity contribution in [1.29, 1.82) is 0 Å². The molecule has 0 amide bonds. The molecule has 7 nitrogen and oxygen atoms in total. The number of hydrogen-bond acceptors (Lipinski definition) is 4.